The van der Waals surface area contributed by atoms with E-state index in [9.17, 15) is 0 Å². The van der Waals surface area contributed by atoms with Crippen molar-refractivity contribution in [2.24, 2.45) is 0 Å². The van der Waals surface area contributed by atoms with Crippen LogP contribution in [-0.4, -0.2) is 33.2 Å². The number of benzene rings is 16. The van der Waals surface area contributed by atoms with Gasteiger partial charge in [0.2, 0.25) is 5.95 Å². The molecule has 105 heavy (non-hydrogen) atoms. The van der Waals surface area contributed by atoms with Crippen LogP contribution in [0.15, 0.2) is 346 Å². The Balaban J connectivity index is 0.746. The first-order valence-corrected chi connectivity index (χ1v) is 36.3. The van der Waals surface area contributed by atoms with Gasteiger partial charge in [-0.15, -0.1) is 0 Å². The number of aryl methyl sites for hydroxylation is 1. The molecule has 0 N–H and O–H groups in total. The Morgan fingerprint density at radius 1 is 0.267 bits per heavy atom. The zero-order valence-electron chi connectivity index (χ0n) is 57.1. The molecule has 21 aromatic rings. The Hall–Kier alpha value is -13.8. The van der Waals surface area contributed by atoms with Crippen molar-refractivity contribution < 1.29 is 0 Å². The molecule has 2 atom stereocenters. The third kappa shape index (κ3) is 7.95. The summed E-state index contributed by atoms with van der Waals surface area (Å²) in [6.07, 6.45) is 0. The lowest BCUT2D eigenvalue weighted by atomic mass is 9.56. The standard InChI is InChI=1S/C98H61N7/c1-59-25-23-39-71-75(96-99-95(60-26-5-2-6-27-60)100-97(101-96)105-86-46-22-15-35-68(86)74-50-49-73-67-34-14-20-44-84(67)103(93(73)94(74)105)64-30-9-4-10-31-64)51-52-81(90(59)71)98-80-42-18-13-33-66(80)65-32-11-12-38-72(65)92(98)77-41-24-40-76-87(56-53-82(98)91(76)77)104-85-45-21-17-37-70(85)79-58-62(48-55-89(79)104)61-47-54-88-78(57-61)69-36-16-19-43-83(69)102(88)63-28-7-3-8-29-63/h2-58,92H,1H3. The molecule has 7 heteroatoms. The number of fused-ring (bicyclic) bond motifs is 22. The third-order valence-corrected chi connectivity index (χ3v) is 23.3. The predicted molar refractivity (Wildman–Crippen MR) is 433 cm³/mol. The highest BCUT2D eigenvalue weighted by atomic mass is 15.2. The highest BCUT2D eigenvalue weighted by molar-refractivity contribution is 6.24. The van der Waals surface area contributed by atoms with Gasteiger partial charge in [0.25, 0.3) is 0 Å². The molecular formula is C98H61N7. The van der Waals surface area contributed by atoms with E-state index >= 15 is 0 Å². The normalized spacial score (nSPS) is 14.7. The van der Waals surface area contributed by atoms with Gasteiger partial charge >= 0.3 is 0 Å². The fourth-order valence-corrected chi connectivity index (χ4v) is 19.2. The Bertz CT molecular complexity index is 7300. The number of nitrogens with zero attached hydrogens (tertiary/aromatic N) is 7. The first kappa shape index (κ1) is 57.9. The number of para-hydroxylation sites is 6. The Morgan fingerprint density at radius 3 is 1.43 bits per heavy atom. The van der Waals surface area contributed by atoms with E-state index in [1.54, 1.807) is 0 Å². The predicted octanol–water partition coefficient (Wildman–Crippen LogP) is 24.3. The van der Waals surface area contributed by atoms with Gasteiger partial charge in [-0.3, -0.25) is 4.57 Å². The van der Waals surface area contributed by atoms with Crippen LogP contribution in [0.1, 0.15) is 39.3 Å². The summed E-state index contributed by atoms with van der Waals surface area (Å²) in [4.78, 5) is 17.0. The summed E-state index contributed by atoms with van der Waals surface area (Å²) < 4.78 is 9.66. The van der Waals surface area contributed by atoms with Gasteiger partial charge in [0.05, 0.1) is 55.2 Å². The molecule has 0 fully saturated rings. The lowest BCUT2D eigenvalue weighted by molar-refractivity contribution is 0.561. The SMILES string of the molecule is Cc1cccc2c(-c3nc(-c4ccccc4)nc(-n4c5ccccc5c5ccc6c7ccccc7n(-c7ccccc7)c6c54)n3)ccc(C34c5ccccc5-c5ccccc5C3c3cccc5c(-n6c7ccccc7c7cc(-c8ccc9c(c8)c8ccccc8n9-c8ccccc8)ccc76)ccc4c35)c12. The van der Waals surface area contributed by atoms with Crippen LogP contribution in [0.4, 0.5) is 0 Å². The van der Waals surface area contributed by atoms with Crippen molar-refractivity contribution in [3.63, 3.8) is 0 Å². The first-order valence-electron chi connectivity index (χ1n) is 36.3. The van der Waals surface area contributed by atoms with Crippen molar-refractivity contribution in [2.75, 3.05) is 0 Å². The van der Waals surface area contributed by atoms with Crippen molar-refractivity contribution in [1.29, 1.82) is 0 Å². The second-order valence-electron chi connectivity index (χ2n) is 28.5. The topological polar surface area (TPSA) is 58.4 Å². The van der Waals surface area contributed by atoms with Crippen molar-refractivity contribution in [3.8, 4) is 68.0 Å². The monoisotopic (exact) mass is 1340 g/mol. The van der Waals surface area contributed by atoms with Crippen LogP contribution >= 0.6 is 0 Å². The summed E-state index contributed by atoms with van der Waals surface area (Å²) in [5.74, 6) is 1.64. The smallest absolute Gasteiger partial charge is 0.238 e. The van der Waals surface area contributed by atoms with E-state index in [1.807, 2.05) is 0 Å². The van der Waals surface area contributed by atoms with E-state index in [4.69, 9.17) is 15.0 Å². The van der Waals surface area contributed by atoms with E-state index in [0.29, 0.717) is 17.6 Å². The minimum Gasteiger partial charge on any atom is -0.309 e. The molecule has 0 saturated heterocycles. The van der Waals surface area contributed by atoms with Crippen molar-refractivity contribution in [3.05, 3.63) is 379 Å². The fourth-order valence-electron chi connectivity index (χ4n) is 19.2. The molecule has 0 radical (unpaired) electrons. The van der Waals surface area contributed by atoms with Crippen LogP contribution in [-0.2, 0) is 5.41 Å². The van der Waals surface area contributed by atoms with Gasteiger partial charge < -0.3 is 13.7 Å². The minimum absolute atomic E-state index is 0.0990. The third-order valence-electron chi connectivity index (χ3n) is 23.3. The van der Waals surface area contributed by atoms with Crippen LogP contribution in [0.2, 0.25) is 0 Å². The van der Waals surface area contributed by atoms with Gasteiger partial charge in [-0.1, -0.05) is 267 Å². The molecule has 0 aliphatic heterocycles. The summed E-state index contributed by atoms with van der Waals surface area (Å²) in [6.45, 7) is 2.30. The molecule has 0 saturated carbocycles. The Morgan fingerprint density at radius 2 is 0.743 bits per heavy atom. The first-order chi connectivity index (χ1) is 52.0. The van der Waals surface area contributed by atoms with Crippen LogP contribution in [0.3, 0.4) is 0 Å². The van der Waals surface area contributed by atoms with E-state index < -0.39 is 5.41 Å². The molecule has 0 spiro atoms. The summed E-state index contributed by atoms with van der Waals surface area (Å²) in [5, 5.41) is 14.3. The summed E-state index contributed by atoms with van der Waals surface area (Å²) in [7, 11) is 0. The largest absolute Gasteiger partial charge is 0.309 e. The Labute approximate surface area is 603 Å². The fraction of sp³-hybridized carbons (Fsp3) is 0.0306. The molecule has 2 aliphatic carbocycles. The second-order valence-corrected chi connectivity index (χ2v) is 28.5. The lowest BCUT2D eigenvalue weighted by Crippen LogP contribution is -2.37. The molecule has 16 aromatic carbocycles. The quantitative estimate of drug-likeness (QED) is 0.152. The molecule has 5 aromatic heterocycles. The van der Waals surface area contributed by atoms with E-state index in [1.165, 1.54) is 121 Å². The van der Waals surface area contributed by atoms with Crippen molar-refractivity contribution >= 4 is 109 Å². The summed E-state index contributed by atoms with van der Waals surface area (Å²) in [6, 6.07) is 128. The second kappa shape index (κ2) is 21.9. The molecule has 0 bridgehead atoms. The zero-order valence-corrected chi connectivity index (χ0v) is 57.1. The van der Waals surface area contributed by atoms with Gasteiger partial charge in [-0.05, 0) is 158 Å². The van der Waals surface area contributed by atoms with Crippen LogP contribution in [0.25, 0.3) is 177 Å². The number of aromatic nitrogens is 7. The molecule has 23 rings (SSSR count). The van der Waals surface area contributed by atoms with Gasteiger partial charge in [-0.25, -0.2) is 4.98 Å². The Kier molecular flexibility index (Phi) is 12.1. The molecule has 488 valence electrons. The summed E-state index contributed by atoms with van der Waals surface area (Å²) in [5.41, 5.74) is 26.1. The van der Waals surface area contributed by atoms with Crippen LogP contribution in [0, 0.1) is 6.92 Å². The number of hydrogen-bond donors (Lipinski definition) is 0. The molecule has 0 amide bonds. The average molecular weight is 1340 g/mol. The molecule has 2 unspecified atom stereocenters. The maximum Gasteiger partial charge on any atom is 0.238 e. The van der Waals surface area contributed by atoms with Gasteiger partial charge in [0.1, 0.15) is 0 Å². The van der Waals surface area contributed by atoms with E-state index in [-0.39, 0.29) is 5.92 Å². The minimum atomic E-state index is -0.705. The van der Waals surface area contributed by atoms with Crippen LogP contribution < -0.4 is 0 Å². The molecule has 2 aliphatic rings. The molecular weight excluding hydrogens is 1280 g/mol. The number of hydrogen-bond acceptors (Lipinski definition) is 3. The lowest BCUT2D eigenvalue weighted by Gasteiger charge is -2.45. The van der Waals surface area contributed by atoms with Crippen molar-refractivity contribution in [1.82, 2.24) is 33.2 Å². The van der Waals surface area contributed by atoms with E-state index in [0.717, 1.165) is 71.8 Å². The zero-order chi connectivity index (χ0) is 68.8. The van der Waals surface area contributed by atoms with Gasteiger partial charge in [-0.2, -0.15) is 9.97 Å². The van der Waals surface area contributed by atoms with Gasteiger partial charge in [0.15, 0.2) is 11.6 Å². The van der Waals surface area contributed by atoms with Crippen LogP contribution in [0.5, 0.6) is 0 Å². The van der Waals surface area contributed by atoms with Crippen molar-refractivity contribution in [2.45, 2.75) is 18.3 Å². The highest BCUT2D eigenvalue weighted by Gasteiger charge is 2.55. The highest BCUT2D eigenvalue weighted by Crippen LogP contribution is 2.67. The van der Waals surface area contributed by atoms with Gasteiger partial charge in [0, 0.05) is 76.9 Å². The maximum atomic E-state index is 5.81. The molecule has 7 nitrogen and oxygen atoms in total. The maximum absolute atomic E-state index is 5.81. The van der Waals surface area contributed by atoms with E-state index in [2.05, 4.69) is 371 Å². The average Bonchev–Trinajstić information content (AvgIpc) is 1.51. The number of rotatable bonds is 8. The molecule has 5 heterocycles. The summed E-state index contributed by atoms with van der Waals surface area (Å²) >= 11 is 0.